The zero-order chi connectivity index (χ0) is 29.3. The monoisotopic (exact) mass is 558 g/mol. The molecule has 1 aromatic carbocycles. The molecule has 1 N–H and O–H groups in total. The summed E-state index contributed by atoms with van der Waals surface area (Å²) in [7, 11) is 1.19. The van der Waals surface area contributed by atoms with Gasteiger partial charge >= 0.3 is 12.1 Å². The number of hydrogen-bond donors (Lipinski definition) is 1. The van der Waals surface area contributed by atoms with Crippen LogP contribution in [0.5, 0.6) is 17.2 Å². The average Bonchev–Trinajstić information content (AvgIpc) is 2.87. The van der Waals surface area contributed by atoms with Crippen molar-refractivity contribution in [1.82, 2.24) is 9.55 Å². The summed E-state index contributed by atoms with van der Waals surface area (Å²) in [5.74, 6) is -8.25. The third kappa shape index (κ3) is 5.40. The van der Waals surface area contributed by atoms with Crippen LogP contribution in [0.3, 0.4) is 0 Å². The van der Waals surface area contributed by atoms with E-state index in [0.717, 1.165) is 25.3 Å². The lowest BCUT2D eigenvalue weighted by molar-refractivity contribution is -0.909. The number of ether oxygens (including phenoxy) is 2. The van der Waals surface area contributed by atoms with Crippen molar-refractivity contribution in [2.75, 3.05) is 7.11 Å². The molecule has 3 rings (SSSR count). The molecule has 0 aliphatic carbocycles. The van der Waals surface area contributed by atoms with E-state index in [1.807, 2.05) is 0 Å². The predicted octanol–water partition coefficient (Wildman–Crippen LogP) is 4.26. The van der Waals surface area contributed by atoms with E-state index in [9.17, 15) is 51.3 Å². The van der Waals surface area contributed by atoms with Gasteiger partial charge in [0, 0.05) is 21.9 Å². The van der Waals surface area contributed by atoms with Crippen LogP contribution in [-0.4, -0.2) is 28.0 Å². The van der Waals surface area contributed by atoms with Gasteiger partial charge in [0.25, 0.3) is 23.9 Å². The fourth-order valence-electron chi connectivity index (χ4n) is 3.31. The molecule has 0 radical (unpaired) electrons. The Labute approximate surface area is 214 Å². The van der Waals surface area contributed by atoms with Gasteiger partial charge in [0.05, 0.1) is 25.1 Å². The highest BCUT2D eigenvalue weighted by atomic mass is 19.4. The Hall–Kier alpha value is -4.86. The Morgan fingerprint density at radius 3 is 2.28 bits per heavy atom. The van der Waals surface area contributed by atoms with Crippen LogP contribution in [0.4, 0.5) is 30.7 Å². The SMILES string of the molecule is COc1c[n+](O)c(Cn2cnc(C(F)(F)C(F)(F)F)c(Oc3cc(C(F)F)cc(C#N)c3C)c2=O)cc1C#N. The maximum Gasteiger partial charge on any atom is 0.459 e. The number of hydrogen-bond acceptors (Lipinski definition) is 7. The van der Waals surface area contributed by atoms with E-state index >= 15 is 0 Å². The van der Waals surface area contributed by atoms with Gasteiger partial charge in [-0.15, -0.1) is 0 Å². The second-order valence-electron chi connectivity index (χ2n) is 7.84. The molecule has 16 heteroatoms. The van der Waals surface area contributed by atoms with Crippen LogP contribution in [0.2, 0.25) is 0 Å². The van der Waals surface area contributed by atoms with E-state index in [1.165, 1.54) is 7.11 Å². The van der Waals surface area contributed by atoms with E-state index in [0.29, 0.717) is 21.7 Å². The number of nitrogens with zero attached hydrogens (tertiary/aromatic N) is 5. The minimum atomic E-state index is -6.24. The van der Waals surface area contributed by atoms with E-state index in [4.69, 9.17) is 9.47 Å². The Morgan fingerprint density at radius 2 is 1.74 bits per heavy atom. The second-order valence-corrected chi connectivity index (χ2v) is 7.84. The molecule has 0 unspecified atom stereocenters. The number of aromatic nitrogens is 3. The summed E-state index contributed by atoms with van der Waals surface area (Å²) >= 11 is 0. The molecule has 0 saturated heterocycles. The molecule has 204 valence electrons. The van der Waals surface area contributed by atoms with Gasteiger partial charge < -0.3 is 9.47 Å². The highest BCUT2D eigenvalue weighted by Gasteiger charge is 2.62. The van der Waals surface area contributed by atoms with Crippen molar-refractivity contribution in [2.24, 2.45) is 0 Å². The maximum atomic E-state index is 14.4. The summed E-state index contributed by atoms with van der Waals surface area (Å²) in [6.07, 6.45) is -8.17. The lowest BCUT2D eigenvalue weighted by atomic mass is 10.0. The van der Waals surface area contributed by atoms with Crippen molar-refractivity contribution >= 4 is 0 Å². The molecule has 39 heavy (non-hydrogen) atoms. The number of pyridine rings is 1. The van der Waals surface area contributed by atoms with Gasteiger partial charge in [-0.2, -0.15) is 32.5 Å². The molecule has 0 atom stereocenters. The van der Waals surface area contributed by atoms with Gasteiger partial charge in [0.2, 0.25) is 11.5 Å². The zero-order valence-corrected chi connectivity index (χ0v) is 19.7. The average molecular weight is 558 g/mol. The van der Waals surface area contributed by atoms with Crippen LogP contribution in [0.15, 0.2) is 35.5 Å². The van der Waals surface area contributed by atoms with Crippen molar-refractivity contribution in [3.05, 3.63) is 74.7 Å². The normalized spacial score (nSPS) is 11.7. The Balaban J connectivity index is 2.26. The topological polar surface area (TPSA) is 125 Å². The molecule has 9 nitrogen and oxygen atoms in total. The van der Waals surface area contributed by atoms with Crippen LogP contribution >= 0.6 is 0 Å². The van der Waals surface area contributed by atoms with Gasteiger partial charge in [0.15, 0.2) is 5.69 Å². The molecule has 2 heterocycles. The Kier molecular flexibility index (Phi) is 7.72. The molecule has 0 aliphatic heterocycles. The highest BCUT2D eigenvalue weighted by molar-refractivity contribution is 5.51. The summed E-state index contributed by atoms with van der Waals surface area (Å²) in [5.41, 5.74) is -5.64. The smallest absolute Gasteiger partial charge is 0.459 e. The molecule has 0 aliphatic rings. The van der Waals surface area contributed by atoms with Gasteiger partial charge in [0.1, 0.15) is 23.9 Å². The standard InChI is InChI=1S/C23H15F7N5O4/c1-11-13(6-31)3-12(20(24)25)5-16(11)39-18-19(22(26,27)23(28,29)30)33-10-34(21(18)36)8-15-4-14(7-32)17(38-2)9-35(15)37/h3-5,9-10,20,37H,8H2,1-2H3/q+1. The van der Waals surface area contributed by atoms with Gasteiger partial charge in [-0.05, 0) is 19.1 Å². The van der Waals surface area contributed by atoms with E-state index in [1.54, 1.807) is 12.1 Å². The molecule has 0 fully saturated rings. The molecule has 0 spiro atoms. The fraction of sp³-hybridized carbons (Fsp3) is 0.261. The first-order valence-electron chi connectivity index (χ1n) is 10.4. The van der Waals surface area contributed by atoms with Gasteiger partial charge in [-0.3, -0.25) is 14.6 Å². The maximum absolute atomic E-state index is 14.4. The molecule has 3 aromatic rings. The molecular weight excluding hydrogens is 543 g/mol. The van der Waals surface area contributed by atoms with Crippen LogP contribution in [0.25, 0.3) is 0 Å². The predicted molar refractivity (Wildman–Crippen MR) is 114 cm³/mol. The summed E-state index contributed by atoms with van der Waals surface area (Å²) in [4.78, 5) is 16.2. The van der Waals surface area contributed by atoms with Crippen molar-refractivity contribution in [2.45, 2.75) is 32.0 Å². The summed E-state index contributed by atoms with van der Waals surface area (Å²) in [5, 5.41) is 28.6. The number of halogens is 7. The number of methoxy groups -OCH3 is 1. The zero-order valence-electron chi connectivity index (χ0n) is 19.7. The van der Waals surface area contributed by atoms with Crippen molar-refractivity contribution in [1.29, 1.82) is 10.5 Å². The third-order valence-electron chi connectivity index (χ3n) is 5.40. The number of nitriles is 2. The number of rotatable bonds is 7. The first-order chi connectivity index (χ1) is 18.2. The molecule has 0 bridgehead atoms. The van der Waals surface area contributed by atoms with E-state index < -0.39 is 58.9 Å². The largest absolute Gasteiger partial charge is 0.490 e. The van der Waals surface area contributed by atoms with Crippen molar-refractivity contribution in [3.8, 4) is 29.4 Å². The van der Waals surface area contributed by atoms with Crippen LogP contribution in [0.1, 0.15) is 40.1 Å². The first-order valence-corrected chi connectivity index (χ1v) is 10.4. The Bertz CT molecular complexity index is 1570. The van der Waals surface area contributed by atoms with Crippen molar-refractivity contribution in [3.63, 3.8) is 0 Å². The van der Waals surface area contributed by atoms with Gasteiger partial charge in [-0.25, -0.2) is 13.8 Å². The van der Waals surface area contributed by atoms with Crippen LogP contribution in [0, 0.1) is 29.6 Å². The summed E-state index contributed by atoms with van der Waals surface area (Å²) in [6, 6.07) is 5.69. The lowest BCUT2D eigenvalue weighted by Crippen LogP contribution is -2.40. The first kappa shape index (κ1) is 28.7. The summed E-state index contributed by atoms with van der Waals surface area (Å²) in [6.45, 7) is 0.407. The second kappa shape index (κ2) is 10.5. The summed E-state index contributed by atoms with van der Waals surface area (Å²) < 4.78 is 106. The minimum Gasteiger partial charge on any atom is -0.490 e. The molecule has 0 saturated carbocycles. The highest BCUT2D eigenvalue weighted by Crippen LogP contribution is 2.46. The lowest BCUT2D eigenvalue weighted by Gasteiger charge is -2.22. The van der Waals surface area contributed by atoms with Gasteiger partial charge in [-0.1, -0.05) is 0 Å². The molecular formula is C23H15F7N5O4+. The number of alkyl halides is 7. The Morgan fingerprint density at radius 1 is 1.10 bits per heavy atom. The molecule has 0 amide bonds. The van der Waals surface area contributed by atoms with Crippen LogP contribution in [-0.2, 0) is 12.5 Å². The molecule has 2 aromatic heterocycles. The van der Waals surface area contributed by atoms with E-state index in [2.05, 4.69) is 4.98 Å². The number of benzene rings is 1. The fourth-order valence-corrected chi connectivity index (χ4v) is 3.31. The third-order valence-corrected chi connectivity index (χ3v) is 5.40. The quantitative estimate of drug-likeness (QED) is 0.261. The van der Waals surface area contributed by atoms with E-state index in [-0.39, 0.29) is 22.6 Å². The minimum absolute atomic E-state index is 0.0823. The van der Waals surface area contributed by atoms with Crippen molar-refractivity contribution < 1.29 is 50.1 Å². The van der Waals surface area contributed by atoms with Crippen LogP contribution < -0.4 is 19.8 Å².